The number of nitrogens with one attached hydrogen (secondary N) is 1. The molecule has 0 saturated heterocycles. The van der Waals surface area contributed by atoms with Crippen LogP contribution in [0.5, 0.6) is 0 Å². The van der Waals surface area contributed by atoms with E-state index in [4.69, 9.17) is 5.10 Å². The van der Waals surface area contributed by atoms with E-state index in [0.29, 0.717) is 18.8 Å². The Morgan fingerprint density at radius 1 is 1.14 bits per heavy atom. The first-order valence-electron chi connectivity index (χ1n) is 9.99. The maximum atomic E-state index is 12.7. The van der Waals surface area contributed by atoms with Crippen LogP contribution in [0, 0.1) is 0 Å². The highest BCUT2D eigenvalue weighted by atomic mass is 16.2. The molecule has 1 N–H and O–H groups in total. The number of hydrogen-bond acceptors (Lipinski definition) is 3. The molecule has 0 atom stereocenters. The number of rotatable bonds is 8. The SMILES string of the molecule is CCCCN(CC(=O)Nc1cc(C(C)(C)C)nn1-c1ccccc1)C(=O)CC. The van der Waals surface area contributed by atoms with Crippen molar-refractivity contribution in [1.82, 2.24) is 14.7 Å². The van der Waals surface area contributed by atoms with Gasteiger partial charge in [0.05, 0.1) is 17.9 Å². The standard InChI is InChI=1S/C22H32N4O2/c1-6-8-14-25(21(28)7-2)16-20(27)23-19-15-18(22(3,4)5)24-26(19)17-12-10-9-11-13-17/h9-13,15H,6-8,14,16H2,1-5H3,(H,23,27). The van der Waals surface area contributed by atoms with Gasteiger partial charge in [0, 0.05) is 24.4 Å². The topological polar surface area (TPSA) is 67.2 Å². The van der Waals surface area contributed by atoms with Crippen molar-refractivity contribution in [2.45, 2.75) is 59.3 Å². The Morgan fingerprint density at radius 3 is 2.39 bits per heavy atom. The molecule has 0 spiro atoms. The largest absolute Gasteiger partial charge is 0.333 e. The summed E-state index contributed by atoms with van der Waals surface area (Å²) in [6.45, 7) is 10.8. The molecule has 6 nitrogen and oxygen atoms in total. The van der Waals surface area contributed by atoms with E-state index in [0.717, 1.165) is 24.2 Å². The molecule has 1 aromatic heterocycles. The van der Waals surface area contributed by atoms with Crippen molar-refractivity contribution in [2.75, 3.05) is 18.4 Å². The second-order valence-electron chi connectivity index (χ2n) is 7.98. The summed E-state index contributed by atoms with van der Waals surface area (Å²) >= 11 is 0. The van der Waals surface area contributed by atoms with Gasteiger partial charge in [0.15, 0.2) is 0 Å². The number of benzene rings is 1. The summed E-state index contributed by atoms with van der Waals surface area (Å²) in [5.74, 6) is 0.395. The molecular formula is C22H32N4O2. The normalized spacial score (nSPS) is 11.3. The Kier molecular flexibility index (Phi) is 7.38. The second-order valence-corrected chi connectivity index (χ2v) is 7.98. The van der Waals surface area contributed by atoms with E-state index in [1.54, 1.807) is 9.58 Å². The molecule has 2 amide bonds. The summed E-state index contributed by atoms with van der Waals surface area (Å²) in [6, 6.07) is 11.6. The predicted molar refractivity (Wildman–Crippen MR) is 113 cm³/mol. The minimum absolute atomic E-state index is 0.00412. The van der Waals surface area contributed by atoms with Gasteiger partial charge in [-0.25, -0.2) is 4.68 Å². The molecule has 0 aliphatic rings. The Labute approximate surface area is 167 Å². The van der Waals surface area contributed by atoms with Crippen LogP contribution in [0.4, 0.5) is 5.82 Å². The number of aromatic nitrogens is 2. The van der Waals surface area contributed by atoms with Gasteiger partial charge in [-0.05, 0) is 18.6 Å². The summed E-state index contributed by atoms with van der Waals surface area (Å²) in [7, 11) is 0. The number of para-hydroxylation sites is 1. The van der Waals surface area contributed by atoms with Crippen molar-refractivity contribution in [3.05, 3.63) is 42.1 Å². The second kappa shape index (κ2) is 9.53. The lowest BCUT2D eigenvalue weighted by Crippen LogP contribution is -2.38. The van der Waals surface area contributed by atoms with E-state index < -0.39 is 0 Å². The van der Waals surface area contributed by atoms with Crippen LogP contribution in [-0.4, -0.2) is 39.6 Å². The summed E-state index contributed by atoms with van der Waals surface area (Å²) < 4.78 is 1.75. The fourth-order valence-electron chi connectivity index (χ4n) is 2.82. The summed E-state index contributed by atoms with van der Waals surface area (Å²) in [4.78, 5) is 26.5. The molecule has 1 heterocycles. The Morgan fingerprint density at radius 2 is 1.82 bits per heavy atom. The van der Waals surface area contributed by atoms with Crippen LogP contribution in [-0.2, 0) is 15.0 Å². The number of hydrogen-bond donors (Lipinski definition) is 1. The molecule has 2 rings (SSSR count). The highest BCUT2D eigenvalue weighted by molar-refractivity contribution is 5.94. The van der Waals surface area contributed by atoms with Gasteiger partial charge in [-0.1, -0.05) is 59.2 Å². The van der Waals surface area contributed by atoms with E-state index >= 15 is 0 Å². The molecule has 0 aliphatic carbocycles. The number of unbranched alkanes of at least 4 members (excludes halogenated alkanes) is 1. The molecule has 28 heavy (non-hydrogen) atoms. The van der Waals surface area contributed by atoms with Crippen LogP contribution in [0.3, 0.4) is 0 Å². The van der Waals surface area contributed by atoms with E-state index in [1.165, 1.54) is 0 Å². The van der Waals surface area contributed by atoms with Gasteiger partial charge in [-0.2, -0.15) is 5.10 Å². The fourth-order valence-corrected chi connectivity index (χ4v) is 2.82. The highest BCUT2D eigenvalue weighted by Crippen LogP contribution is 2.26. The van der Waals surface area contributed by atoms with Gasteiger partial charge < -0.3 is 10.2 Å². The lowest BCUT2D eigenvalue weighted by atomic mass is 9.92. The summed E-state index contributed by atoms with van der Waals surface area (Å²) in [6.07, 6.45) is 2.26. The molecule has 0 bridgehead atoms. The highest BCUT2D eigenvalue weighted by Gasteiger charge is 2.22. The maximum Gasteiger partial charge on any atom is 0.245 e. The third-order valence-corrected chi connectivity index (χ3v) is 4.52. The molecule has 0 unspecified atom stereocenters. The van der Waals surface area contributed by atoms with Crippen molar-refractivity contribution in [3.8, 4) is 5.69 Å². The van der Waals surface area contributed by atoms with Crippen LogP contribution in [0.1, 0.15) is 59.6 Å². The minimum atomic E-state index is -0.213. The molecule has 0 aliphatic heterocycles. The Balaban J connectivity index is 2.25. The summed E-state index contributed by atoms with van der Waals surface area (Å²) in [5.41, 5.74) is 1.62. The predicted octanol–water partition coefficient (Wildman–Crippen LogP) is 4.15. The van der Waals surface area contributed by atoms with Crippen molar-refractivity contribution in [3.63, 3.8) is 0 Å². The van der Waals surface area contributed by atoms with Crippen LogP contribution >= 0.6 is 0 Å². The maximum absolute atomic E-state index is 12.7. The zero-order valence-corrected chi connectivity index (χ0v) is 17.7. The molecule has 0 fully saturated rings. The fraction of sp³-hybridized carbons (Fsp3) is 0.500. The monoisotopic (exact) mass is 384 g/mol. The first kappa shape index (κ1) is 21.7. The van der Waals surface area contributed by atoms with Gasteiger partial charge in [0.2, 0.25) is 11.8 Å². The quantitative estimate of drug-likeness (QED) is 0.743. The number of carbonyl (C=O) groups excluding carboxylic acids is 2. The van der Waals surface area contributed by atoms with Crippen LogP contribution in [0.15, 0.2) is 36.4 Å². The first-order chi connectivity index (χ1) is 13.3. The average Bonchev–Trinajstić information content (AvgIpc) is 3.09. The van der Waals surface area contributed by atoms with E-state index in [1.807, 2.05) is 43.3 Å². The van der Waals surface area contributed by atoms with Gasteiger partial charge in [-0.15, -0.1) is 0 Å². The van der Waals surface area contributed by atoms with E-state index in [9.17, 15) is 9.59 Å². The number of anilines is 1. The smallest absolute Gasteiger partial charge is 0.245 e. The van der Waals surface area contributed by atoms with Gasteiger partial charge in [0.1, 0.15) is 5.82 Å². The Hall–Kier alpha value is -2.63. The summed E-state index contributed by atoms with van der Waals surface area (Å²) in [5, 5.41) is 7.66. The molecule has 1 aromatic carbocycles. The van der Waals surface area contributed by atoms with Gasteiger partial charge in [-0.3, -0.25) is 9.59 Å². The lowest BCUT2D eigenvalue weighted by molar-refractivity contribution is -0.134. The van der Waals surface area contributed by atoms with Crippen molar-refractivity contribution in [1.29, 1.82) is 0 Å². The molecule has 0 radical (unpaired) electrons. The minimum Gasteiger partial charge on any atom is -0.333 e. The van der Waals surface area contributed by atoms with E-state index in [2.05, 4.69) is 33.0 Å². The van der Waals surface area contributed by atoms with Crippen molar-refractivity contribution < 1.29 is 9.59 Å². The number of amides is 2. The zero-order chi connectivity index (χ0) is 20.7. The molecule has 152 valence electrons. The first-order valence-corrected chi connectivity index (χ1v) is 9.99. The molecular weight excluding hydrogens is 352 g/mol. The van der Waals surface area contributed by atoms with Crippen molar-refractivity contribution in [2.24, 2.45) is 0 Å². The van der Waals surface area contributed by atoms with Gasteiger partial charge in [0.25, 0.3) is 0 Å². The zero-order valence-electron chi connectivity index (χ0n) is 17.7. The molecule has 6 heteroatoms. The van der Waals surface area contributed by atoms with Crippen LogP contribution < -0.4 is 5.32 Å². The average molecular weight is 385 g/mol. The third-order valence-electron chi connectivity index (χ3n) is 4.52. The van der Waals surface area contributed by atoms with Gasteiger partial charge >= 0.3 is 0 Å². The van der Waals surface area contributed by atoms with Crippen LogP contribution in [0.2, 0.25) is 0 Å². The van der Waals surface area contributed by atoms with Crippen molar-refractivity contribution >= 4 is 17.6 Å². The lowest BCUT2D eigenvalue weighted by Gasteiger charge is -2.21. The Bertz CT molecular complexity index is 791. The number of carbonyl (C=O) groups is 2. The third kappa shape index (κ3) is 5.68. The number of nitrogens with zero attached hydrogens (tertiary/aromatic N) is 3. The van der Waals surface area contributed by atoms with E-state index in [-0.39, 0.29) is 23.8 Å². The molecule has 0 saturated carbocycles. The molecule has 2 aromatic rings. The van der Waals surface area contributed by atoms with Crippen LogP contribution in [0.25, 0.3) is 5.69 Å².